The van der Waals surface area contributed by atoms with E-state index in [1.54, 1.807) is 6.08 Å². The Morgan fingerprint density at radius 3 is 2.83 bits per heavy atom. The van der Waals surface area contributed by atoms with Crippen LogP contribution in [0.15, 0.2) is 24.5 Å². The van der Waals surface area contributed by atoms with Gasteiger partial charge in [0.2, 0.25) is 5.79 Å². The van der Waals surface area contributed by atoms with Gasteiger partial charge in [0.1, 0.15) is 12.0 Å². The third-order valence-corrected chi connectivity index (χ3v) is 1.52. The molecule has 0 aromatic heterocycles. The van der Waals surface area contributed by atoms with Crippen molar-refractivity contribution in [3.8, 4) is 0 Å². The summed E-state index contributed by atoms with van der Waals surface area (Å²) in [5.74, 6) is 0.209. The molecular formula is C9H15NO2. The molecule has 12 heavy (non-hydrogen) atoms. The van der Waals surface area contributed by atoms with Crippen molar-refractivity contribution in [2.75, 3.05) is 0 Å². The SMILES string of the molecule is C=C/C=C1\CC(N)OC(C)(C)O1. The van der Waals surface area contributed by atoms with Crippen molar-refractivity contribution in [1.29, 1.82) is 0 Å². The predicted molar refractivity (Wildman–Crippen MR) is 47.1 cm³/mol. The van der Waals surface area contributed by atoms with E-state index < -0.39 is 5.79 Å². The molecule has 1 aliphatic heterocycles. The molecule has 1 unspecified atom stereocenters. The van der Waals surface area contributed by atoms with Crippen LogP contribution in [-0.4, -0.2) is 12.0 Å². The Balaban J connectivity index is 2.70. The summed E-state index contributed by atoms with van der Waals surface area (Å²) in [5, 5.41) is 0. The van der Waals surface area contributed by atoms with Crippen LogP contribution in [0.1, 0.15) is 20.3 Å². The van der Waals surface area contributed by atoms with Crippen LogP contribution in [0, 0.1) is 0 Å². The predicted octanol–water partition coefficient (Wildman–Crippen LogP) is 1.51. The van der Waals surface area contributed by atoms with Gasteiger partial charge in [0, 0.05) is 20.3 Å². The number of ether oxygens (including phenoxy) is 2. The summed E-state index contributed by atoms with van der Waals surface area (Å²) in [6, 6.07) is 0. The first-order chi connectivity index (χ1) is 5.53. The van der Waals surface area contributed by atoms with Crippen LogP contribution in [0.4, 0.5) is 0 Å². The number of nitrogens with two attached hydrogens (primary N) is 1. The van der Waals surface area contributed by atoms with Crippen molar-refractivity contribution in [2.24, 2.45) is 5.73 Å². The molecule has 0 radical (unpaired) electrons. The van der Waals surface area contributed by atoms with E-state index in [9.17, 15) is 0 Å². The number of allylic oxidation sites excluding steroid dienone is 2. The van der Waals surface area contributed by atoms with Crippen LogP contribution in [0.25, 0.3) is 0 Å². The summed E-state index contributed by atoms with van der Waals surface area (Å²) < 4.78 is 10.8. The summed E-state index contributed by atoms with van der Waals surface area (Å²) in [4.78, 5) is 0. The monoisotopic (exact) mass is 169 g/mol. The summed E-state index contributed by atoms with van der Waals surface area (Å²) in [6.07, 6.45) is 3.82. The van der Waals surface area contributed by atoms with Gasteiger partial charge in [-0.15, -0.1) is 0 Å². The molecule has 3 nitrogen and oxygen atoms in total. The first-order valence-corrected chi connectivity index (χ1v) is 3.97. The zero-order chi connectivity index (χ0) is 9.19. The van der Waals surface area contributed by atoms with Crippen molar-refractivity contribution in [2.45, 2.75) is 32.3 Å². The molecule has 1 fully saturated rings. The van der Waals surface area contributed by atoms with E-state index in [4.69, 9.17) is 15.2 Å². The Bertz CT molecular complexity index is 209. The largest absolute Gasteiger partial charge is 0.467 e. The second-order valence-electron chi connectivity index (χ2n) is 3.23. The lowest BCUT2D eigenvalue weighted by Gasteiger charge is -2.36. The molecule has 0 bridgehead atoms. The molecule has 1 heterocycles. The summed E-state index contributed by atoms with van der Waals surface area (Å²) in [7, 11) is 0. The lowest BCUT2D eigenvalue weighted by molar-refractivity contribution is -0.245. The quantitative estimate of drug-likeness (QED) is 0.647. The Kier molecular flexibility index (Phi) is 2.55. The third-order valence-electron chi connectivity index (χ3n) is 1.52. The van der Waals surface area contributed by atoms with Gasteiger partial charge in [0.25, 0.3) is 0 Å². The van der Waals surface area contributed by atoms with Gasteiger partial charge in [-0.1, -0.05) is 12.7 Å². The molecule has 1 aliphatic rings. The maximum Gasteiger partial charge on any atom is 0.206 e. The van der Waals surface area contributed by atoms with Gasteiger partial charge in [0.05, 0.1) is 0 Å². The van der Waals surface area contributed by atoms with Crippen molar-refractivity contribution in [1.82, 2.24) is 0 Å². The minimum absolute atomic E-state index is 0.278. The Labute approximate surface area is 72.8 Å². The highest BCUT2D eigenvalue weighted by Crippen LogP contribution is 2.26. The van der Waals surface area contributed by atoms with Crippen LogP contribution in [-0.2, 0) is 9.47 Å². The Morgan fingerprint density at radius 1 is 1.67 bits per heavy atom. The van der Waals surface area contributed by atoms with E-state index in [0.29, 0.717) is 6.42 Å². The molecular weight excluding hydrogens is 154 g/mol. The standard InChI is InChI=1S/C9H15NO2/c1-4-5-7-6-8(10)12-9(2,3)11-7/h4-5,8H,1,6,10H2,2-3H3/b7-5+. The molecule has 0 spiro atoms. The summed E-state index contributed by atoms with van der Waals surface area (Å²) >= 11 is 0. The van der Waals surface area contributed by atoms with Crippen molar-refractivity contribution < 1.29 is 9.47 Å². The average molecular weight is 169 g/mol. The molecule has 3 heteroatoms. The number of rotatable bonds is 1. The van der Waals surface area contributed by atoms with E-state index in [2.05, 4.69) is 6.58 Å². The summed E-state index contributed by atoms with van der Waals surface area (Å²) in [5.41, 5.74) is 5.65. The minimum atomic E-state index is -0.619. The fourth-order valence-electron chi connectivity index (χ4n) is 1.22. The fourth-order valence-corrected chi connectivity index (χ4v) is 1.22. The topological polar surface area (TPSA) is 44.5 Å². The molecule has 0 aromatic rings. The van der Waals surface area contributed by atoms with E-state index >= 15 is 0 Å². The van der Waals surface area contributed by atoms with E-state index in [-0.39, 0.29) is 6.23 Å². The molecule has 0 aromatic carbocycles. The second-order valence-corrected chi connectivity index (χ2v) is 3.23. The van der Waals surface area contributed by atoms with Gasteiger partial charge >= 0.3 is 0 Å². The van der Waals surface area contributed by atoms with Gasteiger partial charge in [-0.2, -0.15) is 0 Å². The number of hydrogen-bond donors (Lipinski definition) is 1. The van der Waals surface area contributed by atoms with Crippen LogP contribution in [0.2, 0.25) is 0 Å². The van der Waals surface area contributed by atoms with Crippen LogP contribution < -0.4 is 5.73 Å². The van der Waals surface area contributed by atoms with Crippen molar-refractivity contribution in [3.63, 3.8) is 0 Å². The molecule has 68 valence electrons. The fraction of sp³-hybridized carbons (Fsp3) is 0.556. The molecule has 1 atom stereocenters. The highest BCUT2D eigenvalue weighted by Gasteiger charge is 2.30. The van der Waals surface area contributed by atoms with Gasteiger partial charge < -0.3 is 15.2 Å². The van der Waals surface area contributed by atoms with Gasteiger partial charge in [0.15, 0.2) is 0 Å². The van der Waals surface area contributed by atoms with Gasteiger partial charge in [-0.3, -0.25) is 0 Å². The van der Waals surface area contributed by atoms with E-state index in [1.807, 2.05) is 19.9 Å². The molecule has 0 amide bonds. The Hall–Kier alpha value is -0.800. The molecule has 0 aliphatic carbocycles. The highest BCUT2D eigenvalue weighted by atomic mass is 16.7. The first kappa shape index (κ1) is 9.29. The van der Waals surface area contributed by atoms with Gasteiger partial charge in [-0.25, -0.2) is 0 Å². The van der Waals surface area contributed by atoms with Crippen molar-refractivity contribution >= 4 is 0 Å². The van der Waals surface area contributed by atoms with E-state index in [1.165, 1.54) is 0 Å². The maximum absolute atomic E-state index is 5.65. The molecule has 2 N–H and O–H groups in total. The van der Waals surface area contributed by atoms with Crippen molar-refractivity contribution in [3.05, 3.63) is 24.5 Å². The lowest BCUT2D eigenvalue weighted by atomic mass is 10.2. The molecule has 1 saturated heterocycles. The summed E-state index contributed by atoms with van der Waals surface area (Å²) in [6.45, 7) is 7.26. The van der Waals surface area contributed by atoms with Crippen LogP contribution in [0.5, 0.6) is 0 Å². The average Bonchev–Trinajstić information content (AvgIpc) is 1.82. The third kappa shape index (κ3) is 2.36. The van der Waals surface area contributed by atoms with Crippen LogP contribution >= 0.6 is 0 Å². The maximum atomic E-state index is 5.65. The zero-order valence-corrected chi connectivity index (χ0v) is 7.54. The zero-order valence-electron chi connectivity index (χ0n) is 7.54. The normalized spacial score (nSPS) is 31.2. The lowest BCUT2D eigenvalue weighted by Crippen LogP contribution is -2.42. The van der Waals surface area contributed by atoms with E-state index in [0.717, 1.165) is 5.76 Å². The molecule has 0 saturated carbocycles. The molecule has 1 rings (SSSR count). The highest BCUT2D eigenvalue weighted by molar-refractivity contribution is 5.07. The smallest absolute Gasteiger partial charge is 0.206 e. The second kappa shape index (κ2) is 3.29. The number of hydrogen-bond acceptors (Lipinski definition) is 3. The first-order valence-electron chi connectivity index (χ1n) is 3.97. The van der Waals surface area contributed by atoms with Gasteiger partial charge in [-0.05, 0) is 6.08 Å². The Morgan fingerprint density at radius 2 is 2.33 bits per heavy atom. The van der Waals surface area contributed by atoms with Crippen LogP contribution in [0.3, 0.4) is 0 Å². The minimum Gasteiger partial charge on any atom is -0.467 e.